The predicted molar refractivity (Wildman–Crippen MR) is 83.9 cm³/mol. The van der Waals surface area contributed by atoms with Crippen molar-refractivity contribution < 1.29 is 9.90 Å². The average Bonchev–Trinajstić information content (AvgIpc) is 2.98. The van der Waals surface area contributed by atoms with E-state index in [0.29, 0.717) is 12.3 Å². The van der Waals surface area contributed by atoms with E-state index >= 15 is 0 Å². The Morgan fingerprint density at radius 2 is 2.00 bits per heavy atom. The molecule has 2 aromatic rings. The molecule has 1 amide bonds. The smallest absolute Gasteiger partial charge is 0.232 e. The molecular formula is C15H17NO2S2. The highest BCUT2D eigenvalue weighted by molar-refractivity contribution is 8.00. The lowest BCUT2D eigenvalue weighted by Gasteiger charge is -2.16. The third-order valence-corrected chi connectivity index (χ3v) is 4.62. The Balaban J connectivity index is 1.81. The number of hydrogen-bond acceptors (Lipinski definition) is 4. The number of nitrogens with zero attached hydrogens (tertiary/aromatic N) is 1. The normalized spacial score (nSPS) is 10.5. The van der Waals surface area contributed by atoms with Gasteiger partial charge in [-0.3, -0.25) is 4.79 Å². The molecular weight excluding hydrogens is 290 g/mol. The zero-order chi connectivity index (χ0) is 14.4. The third kappa shape index (κ3) is 4.37. The first-order chi connectivity index (χ1) is 9.69. The third-order valence-electron chi connectivity index (χ3n) is 2.89. The van der Waals surface area contributed by atoms with Crippen LogP contribution in [0.15, 0.2) is 46.0 Å². The molecule has 0 atom stereocenters. The molecule has 1 aromatic heterocycles. The molecule has 20 heavy (non-hydrogen) atoms. The number of amides is 1. The molecule has 0 fully saturated rings. The van der Waals surface area contributed by atoms with Gasteiger partial charge >= 0.3 is 0 Å². The Bertz CT molecular complexity index is 538. The van der Waals surface area contributed by atoms with E-state index in [1.807, 2.05) is 42.8 Å². The van der Waals surface area contributed by atoms with Gasteiger partial charge in [0.1, 0.15) is 0 Å². The summed E-state index contributed by atoms with van der Waals surface area (Å²) < 4.78 is 0. The SMILES string of the molecule is CN(Cc1ccsc1)C(=O)CSc1ccc(CO)cc1. The molecule has 2 rings (SSSR count). The van der Waals surface area contributed by atoms with Crippen LogP contribution in [-0.2, 0) is 17.9 Å². The van der Waals surface area contributed by atoms with E-state index in [0.717, 1.165) is 10.5 Å². The molecule has 0 unspecified atom stereocenters. The zero-order valence-electron chi connectivity index (χ0n) is 11.3. The standard InChI is InChI=1S/C15H17NO2S2/c1-16(8-13-6-7-19-10-13)15(18)11-20-14-4-2-12(9-17)3-5-14/h2-7,10,17H,8-9,11H2,1H3. The lowest BCUT2D eigenvalue weighted by molar-refractivity contribution is -0.127. The van der Waals surface area contributed by atoms with Crippen molar-refractivity contribution in [1.82, 2.24) is 4.90 Å². The van der Waals surface area contributed by atoms with Crippen molar-refractivity contribution in [2.75, 3.05) is 12.8 Å². The highest BCUT2D eigenvalue weighted by Gasteiger charge is 2.10. The van der Waals surface area contributed by atoms with Crippen molar-refractivity contribution in [2.24, 2.45) is 0 Å². The lowest BCUT2D eigenvalue weighted by Crippen LogP contribution is -2.27. The first-order valence-electron chi connectivity index (χ1n) is 6.26. The first kappa shape index (κ1) is 15.1. The number of thiophene rings is 1. The summed E-state index contributed by atoms with van der Waals surface area (Å²) in [6.07, 6.45) is 0. The molecule has 0 saturated carbocycles. The van der Waals surface area contributed by atoms with E-state index in [4.69, 9.17) is 5.11 Å². The summed E-state index contributed by atoms with van der Waals surface area (Å²) in [5.41, 5.74) is 2.05. The van der Waals surface area contributed by atoms with Gasteiger partial charge in [-0.15, -0.1) is 11.8 Å². The molecule has 0 aliphatic heterocycles. The number of rotatable bonds is 6. The van der Waals surface area contributed by atoms with Crippen LogP contribution in [0.3, 0.4) is 0 Å². The maximum absolute atomic E-state index is 12.0. The number of aliphatic hydroxyl groups is 1. The van der Waals surface area contributed by atoms with Crippen molar-refractivity contribution in [1.29, 1.82) is 0 Å². The fourth-order valence-corrected chi connectivity index (χ4v) is 3.19. The van der Waals surface area contributed by atoms with Gasteiger partial charge in [-0.1, -0.05) is 12.1 Å². The van der Waals surface area contributed by atoms with Crippen LogP contribution < -0.4 is 0 Å². The maximum Gasteiger partial charge on any atom is 0.232 e. The molecule has 0 aliphatic carbocycles. The van der Waals surface area contributed by atoms with Gasteiger partial charge in [0.15, 0.2) is 0 Å². The van der Waals surface area contributed by atoms with Gasteiger partial charge in [0.05, 0.1) is 12.4 Å². The summed E-state index contributed by atoms with van der Waals surface area (Å²) in [6, 6.07) is 9.66. The molecule has 0 aliphatic rings. The number of thioether (sulfide) groups is 1. The predicted octanol–water partition coefficient (Wildman–Crippen LogP) is 2.99. The Labute approximate surface area is 127 Å². The van der Waals surface area contributed by atoms with E-state index in [9.17, 15) is 4.79 Å². The van der Waals surface area contributed by atoms with Crippen LogP contribution in [0.2, 0.25) is 0 Å². The van der Waals surface area contributed by atoms with Crippen LogP contribution in [0.4, 0.5) is 0 Å². The second kappa shape index (κ2) is 7.47. The van der Waals surface area contributed by atoms with Crippen LogP contribution in [0, 0.1) is 0 Å². The van der Waals surface area contributed by atoms with Crippen LogP contribution in [-0.4, -0.2) is 28.7 Å². The largest absolute Gasteiger partial charge is 0.392 e. The first-order valence-corrected chi connectivity index (χ1v) is 8.19. The Morgan fingerprint density at radius 3 is 2.60 bits per heavy atom. The van der Waals surface area contributed by atoms with E-state index in [-0.39, 0.29) is 12.5 Å². The topological polar surface area (TPSA) is 40.5 Å². The van der Waals surface area contributed by atoms with Gasteiger partial charge in [-0.05, 0) is 40.1 Å². The molecule has 1 N–H and O–H groups in total. The number of hydrogen-bond donors (Lipinski definition) is 1. The summed E-state index contributed by atoms with van der Waals surface area (Å²) >= 11 is 3.16. The minimum Gasteiger partial charge on any atom is -0.392 e. The summed E-state index contributed by atoms with van der Waals surface area (Å²) in [5, 5.41) is 13.1. The summed E-state index contributed by atoms with van der Waals surface area (Å²) in [4.78, 5) is 14.8. The van der Waals surface area contributed by atoms with Crippen LogP contribution in [0.1, 0.15) is 11.1 Å². The fraction of sp³-hybridized carbons (Fsp3) is 0.267. The van der Waals surface area contributed by atoms with Crippen molar-refractivity contribution in [3.05, 3.63) is 52.2 Å². The number of carbonyl (C=O) groups is 1. The van der Waals surface area contributed by atoms with Crippen LogP contribution >= 0.6 is 23.1 Å². The summed E-state index contributed by atoms with van der Waals surface area (Å²) in [5.74, 6) is 0.548. The minimum atomic E-state index is 0.0489. The molecule has 5 heteroatoms. The van der Waals surface area contributed by atoms with Crippen LogP contribution in [0.25, 0.3) is 0 Å². The van der Waals surface area contributed by atoms with Crippen molar-refractivity contribution >= 4 is 29.0 Å². The van der Waals surface area contributed by atoms with Gasteiger partial charge in [0.25, 0.3) is 0 Å². The Morgan fingerprint density at radius 1 is 1.25 bits per heavy atom. The number of benzene rings is 1. The molecule has 3 nitrogen and oxygen atoms in total. The van der Waals surface area contributed by atoms with Crippen molar-refractivity contribution in [2.45, 2.75) is 18.0 Å². The summed E-state index contributed by atoms with van der Waals surface area (Å²) in [6.45, 7) is 0.708. The van der Waals surface area contributed by atoms with Gasteiger partial charge < -0.3 is 10.0 Å². The van der Waals surface area contributed by atoms with E-state index in [1.165, 1.54) is 17.3 Å². The number of carbonyl (C=O) groups excluding carboxylic acids is 1. The van der Waals surface area contributed by atoms with Gasteiger partial charge in [0.2, 0.25) is 5.91 Å². The monoisotopic (exact) mass is 307 g/mol. The Kier molecular flexibility index (Phi) is 5.64. The highest BCUT2D eigenvalue weighted by atomic mass is 32.2. The quantitative estimate of drug-likeness (QED) is 0.834. The van der Waals surface area contributed by atoms with E-state index in [2.05, 4.69) is 5.38 Å². The molecule has 1 aromatic carbocycles. The second-order valence-electron chi connectivity index (χ2n) is 4.47. The number of aliphatic hydroxyl groups excluding tert-OH is 1. The van der Waals surface area contributed by atoms with Gasteiger partial charge in [-0.25, -0.2) is 0 Å². The molecule has 1 heterocycles. The van der Waals surface area contributed by atoms with Crippen molar-refractivity contribution in [3.8, 4) is 0 Å². The molecule has 0 radical (unpaired) electrons. The fourth-order valence-electron chi connectivity index (χ4n) is 1.69. The molecule has 0 spiro atoms. The minimum absolute atomic E-state index is 0.0489. The van der Waals surface area contributed by atoms with Crippen LogP contribution in [0.5, 0.6) is 0 Å². The summed E-state index contributed by atoms with van der Waals surface area (Å²) in [7, 11) is 1.83. The second-order valence-corrected chi connectivity index (χ2v) is 6.30. The molecule has 0 saturated heterocycles. The van der Waals surface area contributed by atoms with Crippen molar-refractivity contribution in [3.63, 3.8) is 0 Å². The highest BCUT2D eigenvalue weighted by Crippen LogP contribution is 2.19. The van der Waals surface area contributed by atoms with Gasteiger partial charge in [0, 0.05) is 18.5 Å². The molecule has 106 valence electrons. The lowest BCUT2D eigenvalue weighted by atomic mass is 10.2. The molecule has 0 bridgehead atoms. The average molecular weight is 307 g/mol. The van der Waals surface area contributed by atoms with E-state index < -0.39 is 0 Å². The zero-order valence-corrected chi connectivity index (χ0v) is 12.9. The Hall–Kier alpha value is -1.30. The van der Waals surface area contributed by atoms with Gasteiger partial charge in [-0.2, -0.15) is 11.3 Å². The maximum atomic E-state index is 12.0. The van der Waals surface area contributed by atoms with E-state index in [1.54, 1.807) is 16.2 Å².